The first-order valence-electron chi connectivity index (χ1n) is 5.98. The van der Waals surface area contributed by atoms with Gasteiger partial charge in [-0.15, -0.1) is 0 Å². The van der Waals surface area contributed by atoms with Gasteiger partial charge in [0, 0.05) is 11.5 Å². The van der Waals surface area contributed by atoms with Crippen molar-refractivity contribution in [2.75, 3.05) is 23.4 Å². The van der Waals surface area contributed by atoms with Gasteiger partial charge in [0.15, 0.2) is 0 Å². The average molecular weight is 321 g/mol. The number of benzene rings is 1. The molecule has 0 saturated heterocycles. The summed E-state index contributed by atoms with van der Waals surface area (Å²) in [6, 6.07) is 9.63. The van der Waals surface area contributed by atoms with Crippen molar-refractivity contribution in [3.05, 3.63) is 46.8 Å². The largest absolute Gasteiger partial charge is 0.467 e. The summed E-state index contributed by atoms with van der Waals surface area (Å²) < 4.78 is 6.34. The zero-order chi connectivity index (χ0) is 13.4. The molecule has 2 heterocycles. The van der Waals surface area contributed by atoms with E-state index in [9.17, 15) is 4.79 Å². The van der Waals surface area contributed by atoms with Gasteiger partial charge in [-0.3, -0.25) is 4.79 Å². The average Bonchev–Trinajstić information content (AvgIpc) is 2.87. The van der Waals surface area contributed by atoms with Crippen LogP contribution in [0.1, 0.15) is 5.76 Å². The van der Waals surface area contributed by atoms with E-state index in [1.165, 1.54) is 0 Å². The van der Waals surface area contributed by atoms with Crippen LogP contribution in [0, 0.1) is 0 Å². The highest BCUT2D eigenvalue weighted by Gasteiger charge is 2.27. The smallest absolute Gasteiger partial charge is 0.246 e. The Kier molecular flexibility index (Phi) is 3.06. The van der Waals surface area contributed by atoms with Crippen molar-refractivity contribution in [3.63, 3.8) is 0 Å². The molecular weight excluding hydrogens is 308 g/mol. The SMILES string of the molecule is CN1CC(=O)N(Cc2ccco2)c2ccc(Br)cc21. The lowest BCUT2D eigenvalue weighted by molar-refractivity contribution is -0.117. The van der Waals surface area contributed by atoms with Gasteiger partial charge in [0.25, 0.3) is 0 Å². The van der Waals surface area contributed by atoms with Crippen LogP contribution in [0.2, 0.25) is 0 Å². The fourth-order valence-electron chi connectivity index (χ4n) is 2.27. The molecule has 1 aliphatic rings. The Labute approximate surface area is 119 Å². The number of carbonyl (C=O) groups is 1. The molecule has 5 heteroatoms. The van der Waals surface area contributed by atoms with Gasteiger partial charge in [-0.1, -0.05) is 15.9 Å². The summed E-state index contributed by atoms with van der Waals surface area (Å²) in [4.78, 5) is 15.9. The highest BCUT2D eigenvalue weighted by molar-refractivity contribution is 9.10. The number of hydrogen-bond donors (Lipinski definition) is 0. The van der Waals surface area contributed by atoms with Crippen LogP contribution in [0.3, 0.4) is 0 Å². The summed E-state index contributed by atoms with van der Waals surface area (Å²) in [6.45, 7) is 0.846. The number of halogens is 1. The van der Waals surface area contributed by atoms with Gasteiger partial charge in [-0.2, -0.15) is 0 Å². The third kappa shape index (κ3) is 2.26. The van der Waals surface area contributed by atoms with Crippen molar-refractivity contribution < 1.29 is 9.21 Å². The van der Waals surface area contributed by atoms with Crippen LogP contribution in [-0.2, 0) is 11.3 Å². The molecule has 0 N–H and O–H groups in total. The zero-order valence-electron chi connectivity index (χ0n) is 10.5. The number of fused-ring (bicyclic) bond motifs is 1. The lowest BCUT2D eigenvalue weighted by Crippen LogP contribution is -2.43. The third-order valence-corrected chi connectivity index (χ3v) is 3.70. The summed E-state index contributed by atoms with van der Waals surface area (Å²) in [5.41, 5.74) is 1.96. The molecule has 0 fully saturated rings. The monoisotopic (exact) mass is 320 g/mol. The summed E-state index contributed by atoms with van der Waals surface area (Å²) in [6.07, 6.45) is 1.62. The van der Waals surface area contributed by atoms with Crippen molar-refractivity contribution in [2.45, 2.75) is 6.54 Å². The molecule has 1 aromatic heterocycles. The van der Waals surface area contributed by atoms with E-state index in [4.69, 9.17) is 4.42 Å². The van der Waals surface area contributed by atoms with Crippen LogP contribution in [0.25, 0.3) is 0 Å². The second-order valence-electron chi connectivity index (χ2n) is 4.55. The molecule has 0 atom stereocenters. The highest BCUT2D eigenvalue weighted by atomic mass is 79.9. The van der Waals surface area contributed by atoms with Gasteiger partial charge in [-0.05, 0) is 30.3 Å². The molecule has 1 amide bonds. The Morgan fingerprint density at radius 2 is 2.16 bits per heavy atom. The van der Waals surface area contributed by atoms with E-state index in [-0.39, 0.29) is 5.91 Å². The third-order valence-electron chi connectivity index (χ3n) is 3.21. The molecule has 0 saturated carbocycles. The van der Waals surface area contributed by atoms with Gasteiger partial charge >= 0.3 is 0 Å². The number of anilines is 2. The highest BCUT2D eigenvalue weighted by Crippen LogP contribution is 2.35. The van der Waals surface area contributed by atoms with Gasteiger partial charge in [0.1, 0.15) is 5.76 Å². The lowest BCUT2D eigenvalue weighted by atomic mass is 10.1. The number of rotatable bonds is 2. The minimum absolute atomic E-state index is 0.0775. The van der Waals surface area contributed by atoms with E-state index in [2.05, 4.69) is 15.9 Å². The fourth-order valence-corrected chi connectivity index (χ4v) is 2.62. The minimum Gasteiger partial charge on any atom is -0.467 e. The van der Waals surface area contributed by atoms with Crippen molar-refractivity contribution >= 4 is 33.2 Å². The summed E-state index contributed by atoms with van der Waals surface area (Å²) >= 11 is 3.46. The van der Waals surface area contributed by atoms with E-state index in [1.54, 1.807) is 11.2 Å². The predicted molar refractivity (Wildman–Crippen MR) is 77.3 cm³/mol. The Morgan fingerprint density at radius 3 is 2.89 bits per heavy atom. The normalized spacial score (nSPS) is 14.7. The first kappa shape index (κ1) is 12.3. The van der Waals surface area contributed by atoms with Crippen molar-refractivity contribution in [3.8, 4) is 0 Å². The molecule has 2 aromatic rings. The fraction of sp³-hybridized carbons (Fsp3) is 0.214. The molecule has 98 valence electrons. The molecule has 0 aliphatic carbocycles. The van der Waals surface area contributed by atoms with Crippen molar-refractivity contribution in [1.82, 2.24) is 0 Å². The maximum atomic E-state index is 12.2. The second kappa shape index (κ2) is 4.74. The quantitative estimate of drug-likeness (QED) is 0.853. The summed E-state index contributed by atoms with van der Waals surface area (Å²) in [5.74, 6) is 0.862. The molecule has 0 bridgehead atoms. The number of furan rings is 1. The van der Waals surface area contributed by atoms with Crippen LogP contribution < -0.4 is 9.80 Å². The number of hydrogen-bond acceptors (Lipinski definition) is 3. The number of carbonyl (C=O) groups excluding carboxylic acids is 1. The van der Waals surface area contributed by atoms with Gasteiger partial charge < -0.3 is 14.2 Å². The molecular formula is C14H13BrN2O2. The van der Waals surface area contributed by atoms with E-state index in [1.807, 2.05) is 42.3 Å². The standard InChI is InChI=1S/C14H13BrN2O2/c1-16-9-14(18)17(8-11-3-2-6-19-11)12-5-4-10(15)7-13(12)16/h2-7H,8-9H2,1H3. The molecule has 0 unspecified atom stereocenters. The maximum Gasteiger partial charge on any atom is 0.246 e. The maximum absolute atomic E-state index is 12.2. The van der Waals surface area contributed by atoms with Crippen molar-refractivity contribution in [1.29, 1.82) is 0 Å². The first-order valence-corrected chi connectivity index (χ1v) is 6.78. The minimum atomic E-state index is 0.0775. The van der Waals surface area contributed by atoms with Gasteiger partial charge in [-0.25, -0.2) is 0 Å². The van der Waals surface area contributed by atoms with Crippen LogP contribution >= 0.6 is 15.9 Å². The Balaban J connectivity index is 2.00. The van der Waals surface area contributed by atoms with E-state index in [0.29, 0.717) is 13.1 Å². The van der Waals surface area contributed by atoms with Gasteiger partial charge in [0.2, 0.25) is 5.91 Å². The molecule has 3 rings (SSSR count). The number of nitrogens with zero attached hydrogens (tertiary/aromatic N) is 2. The van der Waals surface area contributed by atoms with Crippen LogP contribution in [0.5, 0.6) is 0 Å². The van der Waals surface area contributed by atoms with Crippen molar-refractivity contribution in [2.24, 2.45) is 0 Å². The molecule has 0 spiro atoms. The zero-order valence-corrected chi connectivity index (χ0v) is 12.1. The Morgan fingerprint density at radius 1 is 1.32 bits per heavy atom. The topological polar surface area (TPSA) is 36.7 Å². The van der Waals surface area contributed by atoms with E-state index < -0.39 is 0 Å². The van der Waals surface area contributed by atoms with Crippen LogP contribution in [0.15, 0.2) is 45.5 Å². The Bertz CT molecular complexity index is 610. The summed E-state index contributed by atoms with van der Waals surface area (Å²) in [7, 11) is 1.92. The van der Waals surface area contributed by atoms with Crippen LogP contribution in [0.4, 0.5) is 11.4 Å². The number of likely N-dealkylation sites (N-methyl/N-ethyl adjacent to an activating group) is 1. The molecule has 4 nitrogen and oxygen atoms in total. The van der Waals surface area contributed by atoms with E-state index >= 15 is 0 Å². The molecule has 0 radical (unpaired) electrons. The van der Waals surface area contributed by atoms with Gasteiger partial charge in [0.05, 0.1) is 30.7 Å². The second-order valence-corrected chi connectivity index (χ2v) is 5.46. The Hall–Kier alpha value is -1.75. The first-order chi connectivity index (χ1) is 9.15. The predicted octanol–water partition coefficient (Wildman–Crippen LogP) is 3.03. The number of amides is 1. The van der Waals surface area contributed by atoms with E-state index in [0.717, 1.165) is 21.6 Å². The summed E-state index contributed by atoms with van der Waals surface area (Å²) in [5, 5.41) is 0. The molecule has 19 heavy (non-hydrogen) atoms. The molecule has 1 aromatic carbocycles. The molecule has 1 aliphatic heterocycles. The lowest BCUT2D eigenvalue weighted by Gasteiger charge is -2.35. The van der Waals surface area contributed by atoms with Crippen LogP contribution in [-0.4, -0.2) is 19.5 Å².